The number of carboxylic acids is 1. The van der Waals surface area contributed by atoms with E-state index in [1.165, 1.54) is 17.0 Å². The van der Waals surface area contributed by atoms with Crippen molar-refractivity contribution in [1.29, 1.82) is 0 Å². The van der Waals surface area contributed by atoms with E-state index in [1.807, 2.05) is 0 Å². The van der Waals surface area contributed by atoms with E-state index in [0.29, 0.717) is 27.3 Å². The normalized spacial score (nSPS) is 14.0. The molecule has 2 heterocycles. The highest BCUT2D eigenvalue weighted by atomic mass is 19.4. The predicted molar refractivity (Wildman–Crippen MR) is 116 cm³/mol. The van der Waals surface area contributed by atoms with E-state index in [1.54, 1.807) is 13.8 Å². The molecule has 1 aromatic heterocycles. The zero-order valence-electron chi connectivity index (χ0n) is 19.8. The number of hydrogen-bond donors (Lipinski definition) is 2. The Kier molecular flexibility index (Phi) is 9.23. The average Bonchev–Trinajstić information content (AvgIpc) is 2.84. The molecule has 1 fully saturated rings. The van der Waals surface area contributed by atoms with Crippen molar-refractivity contribution in [3.05, 3.63) is 62.3 Å². The summed E-state index contributed by atoms with van der Waals surface area (Å²) >= 11 is 0. The fraction of sp³-hybridized carbons (Fsp3) is 0.409. The minimum atomic E-state index is -5.08. The molecule has 0 unspecified atom stereocenters. The van der Waals surface area contributed by atoms with Crippen LogP contribution >= 0.6 is 0 Å². The van der Waals surface area contributed by atoms with E-state index in [4.69, 9.17) is 9.90 Å². The number of nitrogens with zero attached hydrogens (tertiary/aromatic N) is 3. The van der Waals surface area contributed by atoms with Gasteiger partial charge in [-0.05, 0) is 37.1 Å². The summed E-state index contributed by atoms with van der Waals surface area (Å²) in [4.78, 5) is 46.4. The average molecular weight is 554 g/mol. The van der Waals surface area contributed by atoms with Crippen molar-refractivity contribution in [1.82, 2.24) is 20.0 Å². The third-order valence-electron chi connectivity index (χ3n) is 5.60. The topological polar surface area (TPSA) is 124 Å². The number of benzene rings is 1. The molecule has 1 aliphatic rings. The monoisotopic (exact) mass is 554 g/mol. The van der Waals surface area contributed by atoms with Gasteiger partial charge in [0.2, 0.25) is 0 Å². The van der Waals surface area contributed by atoms with Gasteiger partial charge in [-0.1, -0.05) is 6.07 Å². The molecule has 1 aromatic carbocycles. The Hall–Kier alpha value is -3.98. The number of rotatable bonds is 3. The zero-order valence-corrected chi connectivity index (χ0v) is 19.8. The number of H-pyrrole nitrogens is 1. The van der Waals surface area contributed by atoms with E-state index >= 15 is 0 Å². The quantitative estimate of drug-likeness (QED) is 0.563. The lowest BCUT2D eigenvalue weighted by Crippen LogP contribution is -2.53. The summed E-state index contributed by atoms with van der Waals surface area (Å²) < 4.78 is 83.8. The van der Waals surface area contributed by atoms with Gasteiger partial charge in [0.1, 0.15) is 5.82 Å². The molecule has 2 amide bonds. The highest BCUT2D eigenvalue weighted by molar-refractivity contribution is 5.95. The second-order valence-corrected chi connectivity index (χ2v) is 8.13. The molecule has 208 valence electrons. The molecule has 0 spiro atoms. The first-order valence-electron chi connectivity index (χ1n) is 10.7. The van der Waals surface area contributed by atoms with Gasteiger partial charge in [0.25, 0.3) is 11.5 Å². The smallest absolute Gasteiger partial charge is 0.475 e. The van der Waals surface area contributed by atoms with E-state index in [-0.39, 0.29) is 43.7 Å². The van der Waals surface area contributed by atoms with Crippen molar-refractivity contribution in [2.24, 2.45) is 0 Å². The van der Waals surface area contributed by atoms with Gasteiger partial charge in [0.15, 0.2) is 0 Å². The first-order valence-corrected chi connectivity index (χ1v) is 10.7. The number of carboxylic acid groups (broad SMARTS) is 1. The minimum Gasteiger partial charge on any atom is -0.475 e. The third-order valence-corrected chi connectivity index (χ3v) is 5.60. The number of piperazine rings is 1. The van der Waals surface area contributed by atoms with Crippen molar-refractivity contribution >= 4 is 17.8 Å². The fourth-order valence-corrected chi connectivity index (χ4v) is 3.35. The molecule has 0 saturated carbocycles. The summed E-state index contributed by atoms with van der Waals surface area (Å²) in [6, 6.07) is 4.00. The maximum atomic E-state index is 14.3. The van der Waals surface area contributed by atoms with E-state index in [9.17, 15) is 45.1 Å². The van der Waals surface area contributed by atoms with Crippen molar-refractivity contribution < 1.29 is 50.2 Å². The number of carbonyl (C=O) groups excluding carboxylic acids is 2. The van der Waals surface area contributed by atoms with Crippen LogP contribution < -0.4 is 5.56 Å². The van der Waals surface area contributed by atoms with Crippen LogP contribution in [0.15, 0.2) is 23.0 Å². The molecule has 0 aliphatic carbocycles. The molecule has 1 aliphatic heterocycles. The number of aromatic amines is 1. The molecule has 16 heteroatoms. The summed E-state index contributed by atoms with van der Waals surface area (Å²) in [6.07, 6.45) is -9.81. The van der Waals surface area contributed by atoms with Gasteiger partial charge in [-0.2, -0.15) is 31.4 Å². The molecule has 2 aromatic rings. The van der Waals surface area contributed by atoms with Crippen LogP contribution in [0.3, 0.4) is 0 Å². The second-order valence-electron chi connectivity index (χ2n) is 8.13. The van der Waals surface area contributed by atoms with Crippen LogP contribution in [-0.4, -0.2) is 81.4 Å². The number of amides is 2. The summed E-state index contributed by atoms with van der Waals surface area (Å²) in [7, 11) is 0. The van der Waals surface area contributed by atoms with Crippen molar-refractivity contribution in [2.75, 3.05) is 26.2 Å². The summed E-state index contributed by atoms with van der Waals surface area (Å²) in [6.45, 7) is 2.55. The van der Waals surface area contributed by atoms with Crippen molar-refractivity contribution in [3.63, 3.8) is 0 Å². The van der Waals surface area contributed by atoms with Gasteiger partial charge in [-0.3, -0.25) is 14.4 Å². The number of carbonyl (C=O) groups is 3. The standard InChI is InChI=1S/C20H20F4N4O3.C2HF3O2/c1-11-12(2)17(29)26-25-16(11)10-13-3-4-15(21)14(9-13)18(30)27-5-7-28(8-6-27)19(31)20(22,23)24;3-2(4,5)1(6)7/h3-4,9H,5-8,10H2,1-2H3,(H,26,29);(H,6,7). The molecule has 2 N–H and O–H groups in total. The molecular formula is C22H21F7N4O5. The van der Waals surface area contributed by atoms with Gasteiger partial charge in [0.05, 0.1) is 11.3 Å². The highest BCUT2D eigenvalue weighted by Crippen LogP contribution is 2.21. The second kappa shape index (κ2) is 11.6. The number of alkyl halides is 6. The van der Waals surface area contributed by atoms with Gasteiger partial charge in [0, 0.05) is 38.2 Å². The lowest BCUT2D eigenvalue weighted by Gasteiger charge is -2.35. The Balaban J connectivity index is 0.000000638. The number of hydrogen-bond acceptors (Lipinski definition) is 5. The summed E-state index contributed by atoms with van der Waals surface area (Å²) in [5.74, 6) is -6.13. The summed E-state index contributed by atoms with van der Waals surface area (Å²) in [5, 5.41) is 13.5. The Morgan fingerprint density at radius 2 is 1.47 bits per heavy atom. The van der Waals surface area contributed by atoms with Crippen LogP contribution in [0.25, 0.3) is 0 Å². The third kappa shape index (κ3) is 7.52. The number of nitrogens with one attached hydrogen (secondary N) is 1. The van der Waals surface area contributed by atoms with Crippen LogP contribution in [0.1, 0.15) is 32.7 Å². The first kappa shape index (κ1) is 30.2. The van der Waals surface area contributed by atoms with E-state index in [2.05, 4.69) is 10.2 Å². The maximum absolute atomic E-state index is 14.3. The number of aliphatic carboxylic acids is 1. The molecule has 3 rings (SSSR count). The Morgan fingerprint density at radius 1 is 0.947 bits per heavy atom. The fourth-order valence-electron chi connectivity index (χ4n) is 3.35. The molecule has 38 heavy (non-hydrogen) atoms. The van der Waals surface area contributed by atoms with Gasteiger partial charge in [-0.15, -0.1) is 0 Å². The Morgan fingerprint density at radius 3 is 1.97 bits per heavy atom. The largest absolute Gasteiger partial charge is 0.490 e. The molecule has 0 atom stereocenters. The first-order chi connectivity index (χ1) is 17.4. The van der Waals surface area contributed by atoms with E-state index < -0.39 is 36.0 Å². The van der Waals surface area contributed by atoms with Crippen LogP contribution in [0, 0.1) is 19.7 Å². The molecule has 0 bridgehead atoms. The van der Waals surface area contributed by atoms with Crippen molar-refractivity contribution in [3.8, 4) is 0 Å². The summed E-state index contributed by atoms with van der Waals surface area (Å²) in [5.41, 5.74) is 1.83. The number of aromatic nitrogens is 2. The van der Waals surface area contributed by atoms with Gasteiger partial charge in [-0.25, -0.2) is 14.3 Å². The van der Waals surface area contributed by atoms with Crippen LogP contribution in [-0.2, 0) is 16.0 Å². The lowest BCUT2D eigenvalue weighted by molar-refractivity contribution is -0.192. The lowest BCUT2D eigenvalue weighted by atomic mass is 10.0. The Labute approximate surface area is 209 Å². The molecule has 1 saturated heterocycles. The van der Waals surface area contributed by atoms with Gasteiger partial charge >= 0.3 is 24.2 Å². The maximum Gasteiger partial charge on any atom is 0.490 e. The SMILES string of the molecule is Cc1c(Cc2ccc(F)c(C(=O)N3CCN(C(=O)C(F)(F)F)CC3)c2)n[nH]c(=O)c1C.O=C(O)C(F)(F)F. The predicted octanol–water partition coefficient (Wildman–Crippen LogP) is 2.60. The molecule has 9 nitrogen and oxygen atoms in total. The molecule has 0 radical (unpaired) electrons. The zero-order chi connectivity index (χ0) is 29.0. The number of halogens is 7. The highest BCUT2D eigenvalue weighted by Gasteiger charge is 2.43. The molecular weight excluding hydrogens is 533 g/mol. The van der Waals surface area contributed by atoms with Crippen LogP contribution in [0.2, 0.25) is 0 Å². The van der Waals surface area contributed by atoms with E-state index in [0.717, 1.165) is 6.07 Å². The van der Waals surface area contributed by atoms with Crippen molar-refractivity contribution in [2.45, 2.75) is 32.6 Å². The minimum absolute atomic E-state index is 0.135. The van der Waals surface area contributed by atoms with Crippen LogP contribution in [0.4, 0.5) is 30.7 Å². The van der Waals surface area contributed by atoms with Gasteiger partial charge < -0.3 is 14.9 Å². The van der Waals surface area contributed by atoms with Crippen LogP contribution in [0.5, 0.6) is 0 Å². The Bertz CT molecular complexity index is 1270.